The molecule has 18 heavy (non-hydrogen) atoms. The Morgan fingerprint density at radius 2 is 2.44 bits per heavy atom. The monoisotopic (exact) mass is 254 g/mol. The lowest BCUT2D eigenvalue weighted by Crippen LogP contribution is -2.37. The molecule has 8 heteroatoms. The highest BCUT2D eigenvalue weighted by molar-refractivity contribution is 5.59. The van der Waals surface area contributed by atoms with Crippen molar-refractivity contribution in [3.8, 4) is 0 Å². The third kappa shape index (κ3) is 2.66. The zero-order valence-corrected chi connectivity index (χ0v) is 9.63. The molecule has 0 saturated carbocycles. The number of hydrogen-bond acceptors (Lipinski definition) is 7. The van der Waals surface area contributed by atoms with Crippen LogP contribution in [0.1, 0.15) is 6.42 Å². The molecule has 1 aliphatic heterocycles. The van der Waals surface area contributed by atoms with Gasteiger partial charge in [0.05, 0.1) is 11.5 Å². The van der Waals surface area contributed by atoms with Crippen LogP contribution < -0.4 is 11.1 Å². The van der Waals surface area contributed by atoms with Gasteiger partial charge in [-0.25, -0.2) is 4.98 Å². The van der Waals surface area contributed by atoms with Crippen LogP contribution in [0.15, 0.2) is 12.1 Å². The van der Waals surface area contributed by atoms with Crippen molar-refractivity contribution in [3.05, 3.63) is 22.2 Å². The Labute approximate surface area is 103 Å². The van der Waals surface area contributed by atoms with E-state index in [-0.39, 0.29) is 30.5 Å². The van der Waals surface area contributed by atoms with Crippen molar-refractivity contribution in [2.75, 3.05) is 30.8 Å². The van der Waals surface area contributed by atoms with Crippen molar-refractivity contribution in [2.24, 2.45) is 0 Å². The first-order valence-electron chi connectivity index (χ1n) is 5.45. The van der Waals surface area contributed by atoms with Crippen molar-refractivity contribution >= 4 is 17.3 Å². The third-order valence-corrected chi connectivity index (χ3v) is 2.76. The van der Waals surface area contributed by atoms with Gasteiger partial charge in [-0.05, 0) is 6.07 Å². The van der Waals surface area contributed by atoms with Gasteiger partial charge in [0.1, 0.15) is 11.4 Å². The minimum Gasteiger partial charge on any atom is -0.386 e. The molecule has 0 bridgehead atoms. The highest BCUT2D eigenvalue weighted by atomic mass is 16.6. The van der Waals surface area contributed by atoms with Crippen LogP contribution >= 0.6 is 0 Å². The summed E-state index contributed by atoms with van der Waals surface area (Å²) in [7, 11) is 0. The number of nitrogen functional groups attached to an aromatic ring is 1. The minimum atomic E-state index is -1.01. The van der Waals surface area contributed by atoms with Gasteiger partial charge in [-0.1, -0.05) is 0 Å². The fourth-order valence-electron chi connectivity index (χ4n) is 1.73. The second-order valence-corrected chi connectivity index (χ2v) is 4.24. The average Bonchev–Trinajstić information content (AvgIpc) is 2.74. The first-order valence-corrected chi connectivity index (χ1v) is 5.45. The van der Waals surface area contributed by atoms with E-state index in [1.165, 1.54) is 12.1 Å². The second kappa shape index (κ2) is 4.75. The molecule has 1 aromatic rings. The van der Waals surface area contributed by atoms with Crippen molar-refractivity contribution in [1.29, 1.82) is 0 Å². The summed E-state index contributed by atoms with van der Waals surface area (Å²) in [5, 5.41) is 23.6. The van der Waals surface area contributed by atoms with E-state index in [0.29, 0.717) is 13.0 Å². The van der Waals surface area contributed by atoms with Gasteiger partial charge >= 0.3 is 5.69 Å². The molecule has 0 spiro atoms. The van der Waals surface area contributed by atoms with Crippen LogP contribution in [-0.4, -0.2) is 40.4 Å². The third-order valence-electron chi connectivity index (χ3n) is 2.76. The van der Waals surface area contributed by atoms with Crippen LogP contribution in [0.3, 0.4) is 0 Å². The molecule has 4 N–H and O–H groups in total. The van der Waals surface area contributed by atoms with Gasteiger partial charge < -0.3 is 20.9 Å². The zero-order chi connectivity index (χ0) is 13.2. The predicted octanol–water partition coefficient (Wildman–Crippen LogP) is 0.135. The van der Waals surface area contributed by atoms with E-state index in [4.69, 9.17) is 10.5 Å². The number of hydrogen-bond donors (Lipinski definition) is 3. The number of aromatic nitrogens is 1. The highest BCUT2D eigenvalue weighted by Crippen LogP contribution is 2.25. The van der Waals surface area contributed by atoms with Crippen molar-refractivity contribution in [2.45, 2.75) is 12.0 Å². The van der Waals surface area contributed by atoms with E-state index in [2.05, 4.69) is 10.3 Å². The molecule has 0 amide bonds. The molecule has 2 heterocycles. The van der Waals surface area contributed by atoms with E-state index >= 15 is 0 Å². The first-order chi connectivity index (χ1) is 8.50. The van der Waals surface area contributed by atoms with Gasteiger partial charge in [0.15, 0.2) is 0 Å². The standard InChI is InChI=1S/C10H14N4O4/c11-8-2-1-7(14(16)17)9(13-8)12-5-10(15)3-4-18-6-10/h1-2,15H,3-6H2,(H3,11,12,13). The maximum atomic E-state index is 10.8. The number of anilines is 2. The van der Waals surface area contributed by atoms with Crippen molar-refractivity contribution in [3.63, 3.8) is 0 Å². The number of nitrogens with zero attached hydrogens (tertiary/aromatic N) is 2. The molecular weight excluding hydrogens is 240 g/mol. The molecule has 1 atom stereocenters. The van der Waals surface area contributed by atoms with Gasteiger partial charge in [0, 0.05) is 25.6 Å². The fourth-order valence-corrected chi connectivity index (χ4v) is 1.73. The molecular formula is C10H14N4O4. The lowest BCUT2D eigenvalue weighted by Gasteiger charge is -2.20. The van der Waals surface area contributed by atoms with Crippen LogP contribution in [0.4, 0.5) is 17.3 Å². The molecule has 1 fully saturated rings. The summed E-state index contributed by atoms with van der Waals surface area (Å²) in [6.45, 7) is 0.811. The van der Waals surface area contributed by atoms with Crippen LogP contribution in [0, 0.1) is 10.1 Å². The van der Waals surface area contributed by atoms with Gasteiger partial charge in [-0.3, -0.25) is 10.1 Å². The molecule has 1 aromatic heterocycles. The van der Waals surface area contributed by atoms with Gasteiger partial charge in [0.2, 0.25) is 5.82 Å². The number of nitrogens with one attached hydrogen (secondary N) is 1. The van der Waals surface area contributed by atoms with E-state index in [1.807, 2.05) is 0 Å². The lowest BCUT2D eigenvalue weighted by atomic mass is 10.0. The number of rotatable bonds is 4. The second-order valence-electron chi connectivity index (χ2n) is 4.24. The van der Waals surface area contributed by atoms with Crippen molar-refractivity contribution < 1.29 is 14.8 Å². The maximum absolute atomic E-state index is 10.8. The fraction of sp³-hybridized carbons (Fsp3) is 0.500. The molecule has 2 rings (SSSR count). The van der Waals surface area contributed by atoms with Gasteiger partial charge in [-0.15, -0.1) is 0 Å². The highest BCUT2D eigenvalue weighted by Gasteiger charge is 2.32. The molecule has 1 saturated heterocycles. The van der Waals surface area contributed by atoms with Crippen LogP contribution in [0.5, 0.6) is 0 Å². The summed E-state index contributed by atoms with van der Waals surface area (Å²) in [6.07, 6.45) is 0.482. The Hall–Kier alpha value is -1.93. The van der Waals surface area contributed by atoms with E-state index < -0.39 is 10.5 Å². The molecule has 98 valence electrons. The number of nitro groups is 1. The summed E-state index contributed by atoms with van der Waals surface area (Å²) < 4.78 is 5.08. The lowest BCUT2D eigenvalue weighted by molar-refractivity contribution is -0.384. The Balaban J connectivity index is 2.12. The summed E-state index contributed by atoms with van der Waals surface area (Å²) in [4.78, 5) is 14.1. The number of aliphatic hydroxyl groups is 1. The first kappa shape index (κ1) is 12.5. The zero-order valence-electron chi connectivity index (χ0n) is 9.63. The normalized spacial score (nSPS) is 22.9. The number of nitrogens with two attached hydrogens (primary N) is 1. The van der Waals surface area contributed by atoms with Crippen molar-refractivity contribution in [1.82, 2.24) is 4.98 Å². The summed E-state index contributed by atoms with van der Waals surface area (Å²) in [5.74, 6) is 0.234. The quantitative estimate of drug-likeness (QED) is 0.515. The number of ether oxygens (including phenoxy) is 1. The summed E-state index contributed by atoms with van der Waals surface area (Å²) in [6, 6.07) is 2.64. The van der Waals surface area contributed by atoms with E-state index in [1.54, 1.807) is 0 Å². The number of pyridine rings is 1. The Bertz CT molecular complexity index is 459. The average molecular weight is 254 g/mol. The van der Waals surface area contributed by atoms with Gasteiger partial charge in [-0.2, -0.15) is 0 Å². The molecule has 0 aromatic carbocycles. The Morgan fingerprint density at radius 3 is 3.06 bits per heavy atom. The molecule has 1 unspecified atom stereocenters. The smallest absolute Gasteiger partial charge is 0.311 e. The predicted molar refractivity (Wildman–Crippen MR) is 64.2 cm³/mol. The molecule has 0 radical (unpaired) electrons. The van der Waals surface area contributed by atoms with Crippen LogP contribution in [0.2, 0.25) is 0 Å². The Kier molecular flexibility index (Phi) is 3.30. The van der Waals surface area contributed by atoms with E-state index in [0.717, 1.165) is 0 Å². The largest absolute Gasteiger partial charge is 0.386 e. The molecule has 8 nitrogen and oxygen atoms in total. The van der Waals surface area contributed by atoms with Crippen LogP contribution in [0.25, 0.3) is 0 Å². The van der Waals surface area contributed by atoms with E-state index in [9.17, 15) is 15.2 Å². The Morgan fingerprint density at radius 1 is 1.67 bits per heavy atom. The summed E-state index contributed by atoms with van der Waals surface area (Å²) >= 11 is 0. The SMILES string of the molecule is Nc1ccc([N+](=O)[O-])c(NCC2(O)CCOC2)n1. The molecule has 0 aliphatic carbocycles. The topological polar surface area (TPSA) is 124 Å². The molecule has 1 aliphatic rings. The maximum Gasteiger partial charge on any atom is 0.311 e. The van der Waals surface area contributed by atoms with Crippen LogP contribution in [-0.2, 0) is 4.74 Å². The summed E-state index contributed by atoms with van der Waals surface area (Å²) in [5.41, 5.74) is 4.30. The minimum absolute atomic E-state index is 0.0559. The van der Waals surface area contributed by atoms with Gasteiger partial charge in [0.25, 0.3) is 0 Å².